The Balaban J connectivity index is 2.26. The molecule has 0 aliphatic carbocycles. The predicted octanol–water partition coefficient (Wildman–Crippen LogP) is 3.32. The maximum atomic E-state index is 9.78. The van der Waals surface area contributed by atoms with Gasteiger partial charge in [-0.25, -0.2) is 0 Å². The van der Waals surface area contributed by atoms with E-state index < -0.39 is 5.79 Å². The van der Waals surface area contributed by atoms with Crippen LogP contribution in [0.3, 0.4) is 0 Å². The van der Waals surface area contributed by atoms with Crippen molar-refractivity contribution >= 4 is 0 Å². The predicted molar refractivity (Wildman–Crippen MR) is 78.3 cm³/mol. The molecule has 2 aromatic rings. The number of aromatic hydroxyl groups is 1. The van der Waals surface area contributed by atoms with E-state index in [9.17, 15) is 10.4 Å². The molecule has 0 spiro atoms. The fourth-order valence-electron chi connectivity index (χ4n) is 2.01. The Morgan fingerprint density at radius 2 is 1.71 bits per heavy atom. The van der Waals surface area contributed by atoms with Gasteiger partial charge in [0, 0.05) is 17.7 Å². The number of phenolic OH excluding ortho intramolecular Hbond substituents is 1. The molecule has 0 radical (unpaired) electrons. The van der Waals surface area contributed by atoms with Crippen LogP contribution in [0.15, 0.2) is 54.6 Å². The highest BCUT2D eigenvalue weighted by atomic mass is 16.7. The van der Waals surface area contributed by atoms with Gasteiger partial charge in [-0.3, -0.25) is 0 Å². The Bertz CT molecular complexity index is 621. The lowest BCUT2D eigenvalue weighted by Crippen LogP contribution is -2.31. The molecule has 0 aromatic heterocycles. The lowest BCUT2D eigenvalue weighted by molar-refractivity contribution is -0.211. The van der Waals surface area contributed by atoms with Crippen LogP contribution < -0.4 is 0 Å². The summed E-state index contributed by atoms with van der Waals surface area (Å²) in [7, 11) is 0. The molecule has 1 unspecified atom stereocenters. The van der Waals surface area contributed by atoms with Crippen LogP contribution in [-0.2, 0) is 21.9 Å². The van der Waals surface area contributed by atoms with Gasteiger partial charge in [0.05, 0.1) is 6.61 Å². The Labute approximate surface area is 124 Å². The van der Waals surface area contributed by atoms with Crippen LogP contribution >= 0.6 is 0 Å². The zero-order valence-electron chi connectivity index (χ0n) is 11.8. The quantitative estimate of drug-likeness (QED) is 0.826. The Morgan fingerprint density at radius 3 is 2.33 bits per heavy atom. The van der Waals surface area contributed by atoms with E-state index >= 15 is 0 Å². The van der Waals surface area contributed by atoms with Gasteiger partial charge in [-0.2, -0.15) is 5.26 Å². The van der Waals surface area contributed by atoms with Crippen molar-refractivity contribution in [1.82, 2.24) is 0 Å². The number of nitrogens with zero attached hydrogens (tertiary/aromatic N) is 1. The molecule has 4 nitrogen and oxygen atoms in total. The summed E-state index contributed by atoms with van der Waals surface area (Å²) in [6.45, 7) is 2.22. The maximum Gasteiger partial charge on any atom is 0.287 e. The second-order valence-corrected chi connectivity index (χ2v) is 4.44. The summed E-state index contributed by atoms with van der Waals surface area (Å²) < 4.78 is 11.3. The molecule has 4 heteroatoms. The minimum absolute atomic E-state index is 0.0785. The number of hydrogen-bond acceptors (Lipinski definition) is 4. The highest BCUT2D eigenvalue weighted by Crippen LogP contribution is 2.29. The van der Waals surface area contributed by atoms with Gasteiger partial charge in [0.25, 0.3) is 5.79 Å². The zero-order chi connectivity index (χ0) is 15.1. The first kappa shape index (κ1) is 15.0. The lowest BCUT2D eigenvalue weighted by Gasteiger charge is -2.27. The number of para-hydroxylation sites is 1. The highest BCUT2D eigenvalue weighted by molar-refractivity contribution is 5.32. The molecular formula is C17H17NO3. The number of rotatable bonds is 6. The van der Waals surface area contributed by atoms with Gasteiger partial charge in [0.1, 0.15) is 11.8 Å². The van der Waals surface area contributed by atoms with Crippen molar-refractivity contribution < 1.29 is 14.6 Å². The summed E-state index contributed by atoms with van der Waals surface area (Å²) in [4.78, 5) is 0. The van der Waals surface area contributed by atoms with E-state index in [4.69, 9.17) is 9.47 Å². The molecule has 0 fully saturated rings. The van der Waals surface area contributed by atoms with E-state index in [0.29, 0.717) is 17.7 Å². The second-order valence-electron chi connectivity index (χ2n) is 4.44. The molecule has 0 saturated carbocycles. The molecule has 0 saturated heterocycles. The third kappa shape index (κ3) is 3.40. The number of phenols is 1. The first-order valence-electron chi connectivity index (χ1n) is 6.73. The summed E-state index contributed by atoms with van der Waals surface area (Å²) in [6, 6.07) is 18.0. The van der Waals surface area contributed by atoms with Gasteiger partial charge in [-0.15, -0.1) is 0 Å². The SMILES string of the molecule is CCOC(C#N)(OCc1ccccc1O)c1ccccc1. The molecule has 0 bridgehead atoms. The van der Waals surface area contributed by atoms with Gasteiger partial charge in [0.2, 0.25) is 0 Å². The van der Waals surface area contributed by atoms with Crippen LogP contribution in [0.2, 0.25) is 0 Å². The summed E-state index contributed by atoms with van der Waals surface area (Å²) >= 11 is 0. The van der Waals surface area contributed by atoms with Crippen LogP contribution in [-0.4, -0.2) is 11.7 Å². The first-order valence-corrected chi connectivity index (χ1v) is 6.73. The summed E-state index contributed by atoms with van der Waals surface area (Å²) in [5.74, 6) is -1.34. The van der Waals surface area contributed by atoms with Crippen molar-refractivity contribution in [2.45, 2.75) is 19.3 Å². The monoisotopic (exact) mass is 283 g/mol. The molecular weight excluding hydrogens is 266 g/mol. The number of benzene rings is 2. The fourth-order valence-corrected chi connectivity index (χ4v) is 2.01. The Kier molecular flexibility index (Phi) is 4.94. The fraction of sp³-hybridized carbons (Fsp3) is 0.235. The van der Waals surface area contributed by atoms with Gasteiger partial charge in [-0.05, 0) is 13.0 Å². The number of nitriles is 1. The standard InChI is InChI=1S/C17H17NO3/c1-2-20-17(13-18,15-9-4-3-5-10-15)21-12-14-8-6-7-11-16(14)19/h3-11,19H,2,12H2,1H3. The highest BCUT2D eigenvalue weighted by Gasteiger charge is 2.34. The Morgan fingerprint density at radius 1 is 1.05 bits per heavy atom. The van der Waals surface area contributed by atoms with Gasteiger partial charge in [0.15, 0.2) is 0 Å². The minimum Gasteiger partial charge on any atom is -0.508 e. The minimum atomic E-state index is -1.47. The van der Waals surface area contributed by atoms with Crippen molar-refractivity contribution in [3.63, 3.8) is 0 Å². The molecule has 2 rings (SSSR count). The molecule has 1 N–H and O–H groups in total. The molecule has 0 aliphatic heterocycles. The summed E-state index contributed by atoms with van der Waals surface area (Å²) in [5, 5.41) is 19.3. The van der Waals surface area contributed by atoms with Crippen LogP contribution in [0.5, 0.6) is 5.75 Å². The zero-order valence-corrected chi connectivity index (χ0v) is 11.8. The van der Waals surface area contributed by atoms with E-state index in [1.807, 2.05) is 18.2 Å². The van der Waals surface area contributed by atoms with Crippen molar-refractivity contribution in [3.8, 4) is 11.8 Å². The smallest absolute Gasteiger partial charge is 0.287 e. The van der Waals surface area contributed by atoms with E-state index in [2.05, 4.69) is 6.07 Å². The van der Waals surface area contributed by atoms with E-state index in [-0.39, 0.29) is 12.4 Å². The Hall–Kier alpha value is -2.35. The topological polar surface area (TPSA) is 62.5 Å². The molecule has 2 aromatic carbocycles. The normalized spacial score (nSPS) is 13.3. The van der Waals surface area contributed by atoms with E-state index in [1.165, 1.54) is 0 Å². The van der Waals surface area contributed by atoms with Crippen LogP contribution in [0.25, 0.3) is 0 Å². The van der Waals surface area contributed by atoms with Crippen LogP contribution in [0, 0.1) is 11.3 Å². The molecule has 21 heavy (non-hydrogen) atoms. The van der Waals surface area contributed by atoms with Gasteiger partial charge < -0.3 is 14.6 Å². The maximum absolute atomic E-state index is 9.78. The molecule has 0 heterocycles. The lowest BCUT2D eigenvalue weighted by atomic mass is 10.1. The largest absolute Gasteiger partial charge is 0.508 e. The van der Waals surface area contributed by atoms with Gasteiger partial charge in [-0.1, -0.05) is 48.5 Å². The first-order chi connectivity index (χ1) is 10.2. The third-order valence-corrected chi connectivity index (χ3v) is 3.07. The summed E-state index contributed by atoms with van der Waals surface area (Å²) in [5.41, 5.74) is 1.23. The molecule has 108 valence electrons. The van der Waals surface area contributed by atoms with Crippen molar-refractivity contribution in [1.29, 1.82) is 5.26 Å². The third-order valence-electron chi connectivity index (χ3n) is 3.07. The van der Waals surface area contributed by atoms with Crippen LogP contribution in [0.4, 0.5) is 0 Å². The molecule has 0 aliphatic rings. The molecule has 1 atom stereocenters. The summed E-state index contributed by atoms with van der Waals surface area (Å²) in [6.07, 6.45) is 0. The van der Waals surface area contributed by atoms with Crippen molar-refractivity contribution in [2.24, 2.45) is 0 Å². The number of hydrogen-bond donors (Lipinski definition) is 1. The van der Waals surface area contributed by atoms with Crippen molar-refractivity contribution in [3.05, 3.63) is 65.7 Å². The van der Waals surface area contributed by atoms with Crippen molar-refractivity contribution in [2.75, 3.05) is 6.61 Å². The van der Waals surface area contributed by atoms with Crippen LogP contribution in [0.1, 0.15) is 18.1 Å². The van der Waals surface area contributed by atoms with Gasteiger partial charge >= 0.3 is 0 Å². The molecule has 0 amide bonds. The number of ether oxygens (including phenoxy) is 2. The average Bonchev–Trinajstić information content (AvgIpc) is 2.54. The van der Waals surface area contributed by atoms with E-state index in [1.54, 1.807) is 43.3 Å². The average molecular weight is 283 g/mol. The van der Waals surface area contributed by atoms with E-state index in [0.717, 1.165) is 0 Å². The second kappa shape index (κ2) is 6.89.